The number of hydrogen-bond donors (Lipinski definition) is 2. The van der Waals surface area contributed by atoms with Crippen LogP contribution >= 0.6 is 0 Å². The van der Waals surface area contributed by atoms with Gasteiger partial charge in [0.05, 0.1) is 6.54 Å². The number of guanidine groups is 1. The van der Waals surface area contributed by atoms with E-state index in [0.29, 0.717) is 12.5 Å². The molecule has 0 aromatic heterocycles. The maximum absolute atomic E-state index is 5.94. The molecule has 0 aliphatic carbocycles. The Morgan fingerprint density at radius 1 is 1.14 bits per heavy atom. The van der Waals surface area contributed by atoms with E-state index < -0.39 is 0 Å². The molecule has 0 bridgehead atoms. The molecule has 1 aromatic rings. The van der Waals surface area contributed by atoms with Gasteiger partial charge in [-0.25, -0.2) is 4.99 Å². The van der Waals surface area contributed by atoms with Crippen LogP contribution in [0, 0.1) is 0 Å². The van der Waals surface area contributed by atoms with E-state index in [0.717, 1.165) is 19.6 Å². The lowest BCUT2D eigenvalue weighted by Gasteiger charge is -2.21. The highest BCUT2D eigenvalue weighted by Gasteiger charge is 2.10. The van der Waals surface area contributed by atoms with E-state index >= 15 is 0 Å². The first-order chi connectivity index (χ1) is 9.85. The second-order valence-electron chi connectivity index (χ2n) is 6.31. The molecule has 1 rings (SSSR count). The average molecular weight is 290 g/mol. The lowest BCUT2D eigenvalue weighted by molar-refractivity contribution is 0.295. The fourth-order valence-corrected chi connectivity index (χ4v) is 2.15. The lowest BCUT2D eigenvalue weighted by atomic mass is 10.1. The Labute approximate surface area is 129 Å². The van der Waals surface area contributed by atoms with E-state index in [1.165, 1.54) is 11.1 Å². The standard InChI is InChI=1S/C17H30N4/c1-6-21(7-2)13-15-11-9-8-10-14(15)12-19-16(18)20-17(3,4)5/h8-11H,6-7,12-13H2,1-5H3,(H3,18,19,20). The van der Waals surface area contributed by atoms with Crippen LogP contribution < -0.4 is 11.1 Å². The van der Waals surface area contributed by atoms with Crippen molar-refractivity contribution < 1.29 is 0 Å². The van der Waals surface area contributed by atoms with Crippen molar-refractivity contribution in [2.24, 2.45) is 10.7 Å². The van der Waals surface area contributed by atoms with Gasteiger partial charge in [-0.2, -0.15) is 0 Å². The van der Waals surface area contributed by atoms with Crippen LogP contribution in [0.25, 0.3) is 0 Å². The van der Waals surface area contributed by atoms with Crippen molar-refractivity contribution in [1.29, 1.82) is 0 Å². The first kappa shape index (κ1) is 17.5. The van der Waals surface area contributed by atoms with Gasteiger partial charge in [0.15, 0.2) is 5.96 Å². The van der Waals surface area contributed by atoms with Crippen LogP contribution in [0.5, 0.6) is 0 Å². The Morgan fingerprint density at radius 3 is 2.24 bits per heavy atom. The van der Waals surface area contributed by atoms with Crippen molar-refractivity contribution in [2.75, 3.05) is 13.1 Å². The summed E-state index contributed by atoms with van der Waals surface area (Å²) in [6.07, 6.45) is 0. The monoisotopic (exact) mass is 290 g/mol. The smallest absolute Gasteiger partial charge is 0.189 e. The number of aliphatic imine (C=N–C) groups is 1. The highest BCUT2D eigenvalue weighted by Crippen LogP contribution is 2.13. The molecule has 0 fully saturated rings. The molecule has 0 unspecified atom stereocenters. The zero-order valence-corrected chi connectivity index (χ0v) is 14.1. The molecule has 0 saturated heterocycles. The van der Waals surface area contributed by atoms with E-state index in [1.807, 2.05) is 0 Å². The zero-order valence-electron chi connectivity index (χ0n) is 14.1. The minimum absolute atomic E-state index is 0.0612. The van der Waals surface area contributed by atoms with Crippen molar-refractivity contribution in [1.82, 2.24) is 10.2 Å². The average Bonchev–Trinajstić information content (AvgIpc) is 2.41. The van der Waals surface area contributed by atoms with Gasteiger partial charge in [-0.15, -0.1) is 0 Å². The summed E-state index contributed by atoms with van der Waals surface area (Å²) in [6, 6.07) is 8.45. The van der Waals surface area contributed by atoms with Crippen molar-refractivity contribution in [3.8, 4) is 0 Å². The van der Waals surface area contributed by atoms with E-state index in [4.69, 9.17) is 5.73 Å². The van der Waals surface area contributed by atoms with Crippen LogP contribution in [-0.4, -0.2) is 29.5 Å². The van der Waals surface area contributed by atoms with Gasteiger partial charge in [0.2, 0.25) is 0 Å². The second-order valence-corrected chi connectivity index (χ2v) is 6.31. The summed E-state index contributed by atoms with van der Waals surface area (Å²) in [5, 5.41) is 3.19. The van der Waals surface area contributed by atoms with Crippen LogP contribution in [0.15, 0.2) is 29.3 Å². The van der Waals surface area contributed by atoms with E-state index in [2.05, 4.69) is 74.1 Å². The molecule has 0 aliphatic heterocycles. The zero-order chi connectivity index (χ0) is 15.9. The van der Waals surface area contributed by atoms with Gasteiger partial charge in [-0.3, -0.25) is 4.90 Å². The SMILES string of the molecule is CCN(CC)Cc1ccccc1CN=C(N)NC(C)(C)C. The fourth-order valence-electron chi connectivity index (χ4n) is 2.15. The maximum Gasteiger partial charge on any atom is 0.189 e. The van der Waals surface area contributed by atoms with Gasteiger partial charge in [0.25, 0.3) is 0 Å². The summed E-state index contributed by atoms with van der Waals surface area (Å²) in [5.41, 5.74) is 8.44. The number of rotatable bonds is 6. The highest BCUT2D eigenvalue weighted by molar-refractivity contribution is 5.78. The molecule has 0 amide bonds. The molecule has 0 aliphatic rings. The Hall–Kier alpha value is -1.55. The first-order valence-electron chi connectivity index (χ1n) is 7.73. The van der Waals surface area contributed by atoms with Crippen LogP contribution in [0.4, 0.5) is 0 Å². The predicted molar refractivity (Wildman–Crippen MR) is 91.3 cm³/mol. The number of nitrogens with zero attached hydrogens (tertiary/aromatic N) is 2. The van der Waals surface area contributed by atoms with Crippen LogP contribution in [0.3, 0.4) is 0 Å². The van der Waals surface area contributed by atoms with Gasteiger partial charge in [0.1, 0.15) is 0 Å². The Kier molecular flexibility index (Phi) is 6.69. The molecule has 0 heterocycles. The largest absolute Gasteiger partial charge is 0.370 e. The summed E-state index contributed by atoms with van der Waals surface area (Å²) in [6.45, 7) is 14.3. The van der Waals surface area contributed by atoms with Crippen molar-refractivity contribution in [3.05, 3.63) is 35.4 Å². The van der Waals surface area contributed by atoms with Gasteiger partial charge in [-0.05, 0) is 45.0 Å². The van der Waals surface area contributed by atoms with E-state index in [-0.39, 0.29) is 5.54 Å². The fraction of sp³-hybridized carbons (Fsp3) is 0.588. The lowest BCUT2D eigenvalue weighted by Crippen LogP contribution is -2.45. The van der Waals surface area contributed by atoms with Crippen LogP contribution in [0.2, 0.25) is 0 Å². The molecule has 0 atom stereocenters. The van der Waals surface area contributed by atoms with E-state index in [1.54, 1.807) is 0 Å². The molecule has 0 saturated carbocycles. The molecule has 21 heavy (non-hydrogen) atoms. The third-order valence-corrected chi connectivity index (χ3v) is 3.33. The normalized spacial score (nSPS) is 12.8. The molecule has 0 radical (unpaired) electrons. The number of hydrogen-bond acceptors (Lipinski definition) is 2. The molecular formula is C17H30N4. The summed E-state index contributed by atoms with van der Waals surface area (Å²) >= 11 is 0. The van der Waals surface area contributed by atoms with E-state index in [9.17, 15) is 0 Å². The maximum atomic E-state index is 5.94. The molecule has 0 spiro atoms. The predicted octanol–water partition coefficient (Wildman–Crippen LogP) is 2.73. The minimum Gasteiger partial charge on any atom is -0.370 e. The molecule has 4 heteroatoms. The highest BCUT2D eigenvalue weighted by atomic mass is 15.1. The van der Waals surface area contributed by atoms with Crippen LogP contribution in [-0.2, 0) is 13.1 Å². The van der Waals surface area contributed by atoms with Gasteiger partial charge >= 0.3 is 0 Å². The number of nitrogens with one attached hydrogen (secondary N) is 1. The molecule has 3 N–H and O–H groups in total. The second kappa shape index (κ2) is 8.03. The van der Waals surface area contributed by atoms with Crippen molar-refractivity contribution >= 4 is 5.96 Å². The number of benzene rings is 1. The Balaban J connectivity index is 2.77. The molecule has 4 nitrogen and oxygen atoms in total. The third kappa shape index (κ3) is 6.63. The summed E-state index contributed by atoms with van der Waals surface area (Å²) in [7, 11) is 0. The molecular weight excluding hydrogens is 260 g/mol. The summed E-state index contributed by atoms with van der Waals surface area (Å²) in [4.78, 5) is 6.87. The van der Waals surface area contributed by atoms with Crippen LogP contribution in [0.1, 0.15) is 45.7 Å². The summed E-state index contributed by atoms with van der Waals surface area (Å²) in [5.74, 6) is 0.500. The van der Waals surface area contributed by atoms with Gasteiger partial charge in [-0.1, -0.05) is 38.1 Å². The summed E-state index contributed by atoms with van der Waals surface area (Å²) < 4.78 is 0. The van der Waals surface area contributed by atoms with Gasteiger partial charge in [0, 0.05) is 12.1 Å². The topological polar surface area (TPSA) is 53.6 Å². The van der Waals surface area contributed by atoms with Crippen molar-refractivity contribution in [3.63, 3.8) is 0 Å². The first-order valence-corrected chi connectivity index (χ1v) is 7.73. The molecule has 1 aromatic carbocycles. The third-order valence-electron chi connectivity index (χ3n) is 3.33. The number of nitrogens with two attached hydrogens (primary N) is 1. The van der Waals surface area contributed by atoms with Crippen molar-refractivity contribution in [2.45, 2.75) is 53.2 Å². The quantitative estimate of drug-likeness (QED) is 0.625. The minimum atomic E-state index is -0.0612. The molecule has 118 valence electrons. The van der Waals surface area contributed by atoms with Gasteiger partial charge < -0.3 is 11.1 Å². The Bertz CT molecular complexity index is 456. The Morgan fingerprint density at radius 2 is 1.71 bits per heavy atom.